The molecule has 2 atom stereocenters. The van der Waals surface area contributed by atoms with E-state index in [4.69, 9.17) is 4.52 Å². The van der Waals surface area contributed by atoms with Crippen LogP contribution in [0.2, 0.25) is 0 Å². The second-order valence-electron chi connectivity index (χ2n) is 3.50. The van der Waals surface area contributed by atoms with Crippen LogP contribution in [0.3, 0.4) is 0 Å². The van der Waals surface area contributed by atoms with Crippen molar-refractivity contribution >= 4 is 15.2 Å². The summed E-state index contributed by atoms with van der Waals surface area (Å²) in [5, 5.41) is 0. The third kappa shape index (κ3) is 3.31. The fourth-order valence-corrected chi connectivity index (χ4v) is 1.32. The number of ketones is 1. The third-order valence-corrected chi connectivity index (χ3v) is 2.32. The summed E-state index contributed by atoms with van der Waals surface area (Å²) in [6, 6.07) is 0. The van der Waals surface area contributed by atoms with E-state index in [0.29, 0.717) is 5.92 Å². The van der Waals surface area contributed by atoms with Gasteiger partial charge in [0.25, 0.3) is 0 Å². The molecule has 0 amide bonds. The number of hydrogen-bond donors (Lipinski definition) is 0. The molecule has 0 aromatic heterocycles. The summed E-state index contributed by atoms with van der Waals surface area (Å²) in [6.45, 7) is 7.53. The highest BCUT2D eigenvalue weighted by Gasteiger charge is 2.30. The number of hydrogen-bond acceptors (Lipinski definition) is 2. The highest BCUT2D eigenvalue weighted by molar-refractivity contribution is 7.10. The maximum absolute atomic E-state index is 11.1. The van der Waals surface area contributed by atoms with Crippen molar-refractivity contribution in [1.82, 2.24) is 0 Å². The van der Waals surface area contributed by atoms with E-state index in [9.17, 15) is 4.79 Å². The van der Waals surface area contributed by atoms with Gasteiger partial charge in [0.2, 0.25) is 0 Å². The van der Waals surface area contributed by atoms with Crippen LogP contribution in [0.25, 0.3) is 0 Å². The molecule has 0 aliphatic heterocycles. The van der Waals surface area contributed by atoms with E-state index in [0.717, 1.165) is 6.42 Å². The van der Waals surface area contributed by atoms with E-state index < -0.39 is 5.60 Å². The molecule has 0 aliphatic rings. The fraction of sp³-hybridized carbons (Fsp3) is 0.875. The van der Waals surface area contributed by atoms with Crippen molar-refractivity contribution in [2.75, 3.05) is 0 Å². The lowest BCUT2D eigenvalue weighted by Crippen LogP contribution is -2.35. The third-order valence-electron chi connectivity index (χ3n) is 1.80. The summed E-state index contributed by atoms with van der Waals surface area (Å²) in [7, 11) is 2.16. The molecule has 0 spiro atoms. The van der Waals surface area contributed by atoms with E-state index in [-0.39, 0.29) is 5.78 Å². The number of carbonyl (C=O) groups is 1. The molecule has 0 N–H and O–H groups in total. The van der Waals surface area contributed by atoms with Crippen molar-refractivity contribution in [1.29, 1.82) is 0 Å². The van der Waals surface area contributed by atoms with Crippen molar-refractivity contribution in [3.8, 4) is 0 Å². The van der Waals surface area contributed by atoms with Gasteiger partial charge in [-0.25, -0.2) is 0 Å². The average Bonchev–Trinajstić information content (AvgIpc) is 1.86. The molecule has 2 unspecified atom stereocenters. The summed E-state index contributed by atoms with van der Waals surface area (Å²) >= 11 is 0. The molecule has 0 aliphatic carbocycles. The Balaban J connectivity index is 4.22. The van der Waals surface area contributed by atoms with Crippen LogP contribution < -0.4 is 0 Å². The molecule has 0 heterocycles. The standard InChI is InChI=1S/C8H17O2P/c1-6(2)5-8(4,10-11)7(3)9/h6H,5,11H2,1-4H3. The average molecular weight is 176 g/mol. The van der Waals surface area contributed by atoms with Gasteiger partial charge >= 0.3 is 0 Å². The van der Waals surface area contributed by atoms with E-state index in [1.807, 2.05) is 6.92 Å². The molecule has 0 saturated carbocycles. The Morgan fingerprint density at radius 1 is 1.64 bits per heavy atom. The van der Waals surface area contributed by atoms with Gasteiger partial charge in [-0.05, 0) is 26.2 Å². The predicted octanol–water partition coefficient (Wildman–Crippen LogP) is 2.19. The van der Waals surface area contributed by atoms with Gasteiger partial charge in [-0.3, -0.25) is 4.79 Å². The van der Waals surface area contributed by atoms with Gasteiger partial charge in [-0.1, -0.05) is 13.8 Å². The van der Waals surface area contributed by atoms with Crippen LogP contribution in [0.15, 0.2) is 0 Å². The number of rotatable bonds is 4. The minimum Gasteiger partial charge on any atom is -0.352 e. The minimum atomic E-state index is -0.612. The van der Waals surface area contributed by atoms with E-state index in [2.05, 4.69) is 23.3 Å². The maximum Gasteiger partial charge on any atom is 0.161 e. The second kappa shape index (κ2) is 4.18. The van der Waals surface area contributed by atoms with Crippen LogP contribution >= 0.6 is 9.47 Å². The summed E-state index contributed by atoms with van der Waals surface area (Å²) < 4.78 is 5.08. The first-order valence-corrected chi connectivity index (χ1v) is 4.28. The Morgan fingerprint density at radius 3 is 2.18 bits per heavy atom. The maximum atomic E-state index is 11.1. The first-order chi connectivity index (χ1) is 4.92. The Hall–Kier alpha value is 0.0600. The Morgan fingerprint density at radius 2 is 2.09 bits per heavy atom. The van der Waals surface area contributed by atoms with Crippen molar-refractivity contribution in [2.45, 2.75) is 39.7 Å². The normalized spacial score (nSPS) is 16.5. The Labute approximate surface area is 71.0 Å². The first-order valence-electron chi connectivity index (χ1n) is 3.81. The summed E-state index contributed by atoms with van der Waals surface area (Å²) in [6.07, 6.45) is 0.770. The molecule has 0 radical (unpaired) electrons. The van der Waals surface area contributed by atoms with Gasteiger partial charge in [0, 0.05) is 9.47 Å². The molecule has 0 fully saturated rings. The first kappa shape index (κ1) is 11.1. The molecule has 3 heteroatoms. The summed E-state index contributed by atoms with van der Waals surface area (Å²) in [4.78, 5) is 11.1. The Bertz CT molecular complexity index is 145. The van der Waals surface area contributed by atoms with E-state index in [1.165, 1.54) is 0 Å². The van der Waals surface area contributed by atoms with Gasteiger partial charge in [0.15, 0.2) is 5.78 Å². The number of carbonyl (C=O) groups excluding carboxylic acids is 1. The molecule has 11 heavy (non-hydrogen) atoms. The van der Waals surface area contributed by atoms with Crippen LogP contribution in [0, 0.1) is 5.92 Å². The largest absolute Gasteiger partial charge is 0.352 e. The molecular formula is C8H17O2P. The zero-order valence-corrected chi connectivity index (χ0v) is 8.83. The molecule has 2 nitrogen and oxygen atoms in total. The fourth-order valence-electron chi connectivity index (χ4n) is 1.05. The highest BCUT2D eigenvalue weighted by atomic mass is 31.0. The second-order valence-corrected chi connectivity index (χ2v) is 3.74. The highest BCUT2D eigenvalue weighted by Crippen LogP contribution is 2.24. The smallest absolute Gasteiger partial charge is 0.161 e. The minimum absolute atomic E-state index is 0.0844. The van der Waals surface area contributed by atoms with Crippen molar-refractivity contribution in [3.05, 3.63) is 0 Å². The SMILES string of the molecule is CC(=O)C(C)(CC(C)C)OP. The molecule has 0 rings (SSSR count). The van der Waals surface area contributed by atoms with Crippen LogP contribution in [-0.2, 0) is 9.32 Å². The van der Waals surface area contributed by atoms with Crippen LogP contribution in [0.4, 0.5) is 0 Å². The molecule has 0 bridgehead atoms. The van der Waals surface area contributed by atoms with Crippen LogP contribution in [0.1, 0.15) is 34.1 Å². The van der Waals surface area contributed by atoms with Gasteiger partial charge in [0.1, 0.15) is 5.60 Å². The summed E-state index contributed by atoms with van der Waals surface area (Å²) in [5.74, 6) is 0.561. The lowest BCUT2D eigenvalue weighted by Gasteiger charge is -2.26. The molecule has 66 valence electrons. The summed E-state index contributed by atoms with van der Waals surface area (Å²) in [5.41, 5.74) is -0.612. The molecule has 0 aromatic rings. The van der Waals surface area contributed by atoms with Crippen LogP contribution in [0.5, 0.6) is 0 Å². The van der Waals surface area contributed by atoms with Crippen molar-refractivity contribution in [3.63, 3.8) is 0 Å². The molecule has 0 aromatic carbocycles. The zero-order valence-electron chi connectivity index (χ0n) is 7.68. The number of Topliss-reactive ketones (excluding diaryl/α,β-unsaturated/α-hetero) is 1. The van der Waals surface area contributed by atoms with Gasteiger partial charge in [-0.2, -0.15) is 0 Å². The van der Waals surface area contributed by atoms with E-state index in [1.54, 1.807) is 6.92 Å². The van der Waals surface area contributed by atoms with Crippen molar-refractivity contribution in [2.24, 2.45) is 5.92 Å². The lowest BCUT2D eigenvalue weighted by molar-refractivity contribution is -0.131. The van der Waals surface area contributed by atoms with Crippen molar-refractivity contribution < 1.29 is 9.32 Å². The predicted molar refractivity (Wildman–Crippen MR) is 49.3 cm³/mol. The van der Waals surface area contributed by atoms with Gasteiger partial charge in [0.05, 0.1) is 0 Å². The topological polar surface area (TPSA) is 26.3 Å². The quantitative estimate of drug-likeness (QED) is 0.614. The Kier molecular flexibility index (Phi) is 4.20. The zero-order chi connectivity index (χ0) is 9.07. The van der Waals surface area contributed by atoms with Crippen LogP contribution in [-0.4, -0.2) is 11.4 Å². The molecular weight excluding hydrogens is 159 g/mol. The van der Waals surface area contributed by atoms with E-state index >= 15 is 0 Å². The lowest BCUT2D eigenvalue weighted by atomic mass is 9.91. The van der Waals surface area contributed by atoms with Gasteiger partial charge in [-0.15, -0.1) is 0 Å². The van der Waals surface area contributed by atoms with Gasteiger partial charge < -0.3 is 4.52 Å². The monoisotopic (exact) mass is 176 g/mol. The molecule has 0 saturated heterocycles.